The Labute approximate surface area is 393 Å². The van der Waals surface area contributed by atoms with Gasteiger partial charge in [-0.3, -0.25) is 24.0 Å². The number of carboxylic acid groups (broad SMARTS) is 1. The van der Waals surface area contributed by atoms with Crippen LogP contribution < -0.4 is 24.7 Å². The monoisotopic (exact) mass is 937 g/mol. The van der Waals surface area contributed by atoms with E-state index in [-0.39, 0.29) is 96.1 Å². The highest BCUT2D eigenvalue weighted by Crippen LogP contribution is 2.33. The van der Waals surface area contributed by atoms with Crippen LogP contribution >= 0.6 is 12.4 Å². The quantitative estimate of drug-likeness (QED) is 0.0703. The summed E-state index contributed by atoms with van der Waals surface area (Å²) in [6.07, 6.45) is 2.26. The SMILES string of the molecule is CCC(=O)Oc1c(OC)ccnc1C(=O)C[C@@H](C)C(=O)O[C@@H](C)[C@@H](C)c1ccccc1C.CCC(=O)Oc1c(OC)ccnc1C(=O)O.Cc1ccccc1[C@H](C)[C@H](C)OC(=O)[C@H](C)N.Cl. The average molecular weight is 939 g/mol. The number of ether oxygens (including phenoxy) is 6. The molecule has 0 aliphatic heterocycles. The number of aromatic carboxylic acids is 1. The number of aryl methyl sites for hydroxylation is 2. The molecule has 0 amide bonds. The van der Waals surface area contributed by atoms with E-state index < -0.39 is 41.6 Å². The third-order valence-electron chi connectivity index (χ3n) is 10.3. The summed E-state index contributed by atoms with van der Waals surface area (Å²) < 4.78 is 31.2. The predicted octanol–water partition coefficient (Wildman–Crippen LogP) is 8.56. The lowest BCUT2D eigenvalue weighted by atomic mass is 9.92. The van der Waals surface area contributed by atoms with Crippen molar-refractivity contribution in [2.45, 2.75) is 119 Å². The maximum absolute atomic E-state index is 12.9. The van der Waals surface area contributed by atoms with Crippen LogP contribution in [0.15, 0.2) is 73.1 Å². The minimum atomic E-state index is -1.28. The fourth-order valence-corrected chi connectivity index (χ4v) is 6.06. The number of rotatable bonds is 18. The van der Waals surface area contributed by atoms with Crippen molar-refractivity contribution >= 4 is 48.0 Å². The van der Waals surface area contributed by atoms with E-state index in [1.807, 2.05) is 64.1 Å². The number of halogens is 1. The third-order valence-corrected chi connectivity index (χ3v) is 10.3. The van der Waals surface area contributed by atoms with E-state index in [0.717, 1.165) is 11.1 Å². The summed E-state index contributed by atoms with van der Waals surface area (Å²) in [6.45, 7) is 18.4. The molecular formula is C49H64ClN3O13. The molecule has 16 nitrogen and oxygen atoms in total. The first kappa shape index (κ1) is 57.6. The Kier molecular flexibility index (Phi) is 24.9. The summed E-state index contributed by atoms with van der Waals surface area (Å²) in [5, 5.41) is 8.86. The van der Waals surface area contributed by atoms with Crippen LogP contribution in [0.5, 0.6) is 23.0 Å². The number of carbonyl (C=O) groups excluding carboxylic acids is 5. The van der Waals surface area contributed by atoms with E-state index in [9.17, 15) is 28.8 Å². The lowest BCUT2D eigenvalue weighted by Gasteiger charge is -2.23. The molecule has 66 heavy (non-hydrogen) atoms. The van der Waals surface area contributed by atoms with Crippen LogP contribution in [0.4, 0.5) is 0 Å². The molecule has 0 unspecified atom stereocenters. The lowest BCUT2D eigenvalue weighted by Crippen LogP contribution is -2.33. The Balaban J connectivity index is 0.000000540. The molecule has 3 N–H and O–H groups in total. The van der Waals surface area contributed by atoms with Crippen molar-refractivity contribution in [1.29, 1.82) is 0 Å². The van der Waals surface area contributed by atoms with Crippen molar-refractivity contribution in [3.8, 4) is 23.0 Å². The normalized spacial score (nSPS) is 13.0. The van der Waals surface area contributed by atoms with Gasteiger partial charge in [-0.2, -0.15) is 0 Å². The number of Topliss-reactive ketones (excluding diaryl/α,β-unsaturated/α-hetero) is 1. The minimum Gasteiger partial charge on any atom is -0.493 e. The molecule has 360 valence electrons. The number of hydrogen-bond donors (Lipinski definition) is 2. The van der Waals surface area contributed by atoms with Crippen LogP contribution in [0.3, 0.4) is 0 Å². The molecule has 0 bridgehead atoms. The standard InChI is InChI=1S/C25H31NO6.C14H21NO2.C10H11NO5.ClH/c1-7-22(28)32-24-21(30-6)12-13-26-23(24)20(27)14-16(3)25(29)31-18(5)17(4)19-11-9-8-10-15(19)2;1-9-7-5-6-8-13(9)10(2)12(4)17-14(16)11(3)15;1-3-7(12)16-9-6(15-2)4-5-11-8(9)10(13)14;/h8-13,16-18H,7,14H2,1-6H3;5-8,10-12H,15H2,1-4H3;4-5H,3H2,1-2H3,(H,13,14);1H/t16-,17-,18+;10-,11+,12+;;/m11../s1. The number of benzene rings is 2. The largest absolute Gasteiger partial charge is 0.493 e. The minimum absolute atomic E-state index is 0. The Morgan fingerprint density at radius 3 is 1.39 bits per heavy atom. The van der Waals surface area contributed by atoms with Crippen molar-refractivity contribution in [2.75, 3.05) is 14.2 Å². The molecule has 4 aromatic rings. The molecular weight excluding hydrogens is 874 g/mol. The van der Waals surface area contributed by atoms with Gasteiger partial charge in [0.05, 0.1) is 20.1 Å². The Morgan fingerprint density at radius 2 is 1.02 bits per heavy atom. The van der Waals surface area contributed by atoms with Gasteiger partial charge < -0.3 is 39.3 Å². The van der Waals surface area contributed by atoms with E-state index in [2.05, 4.69) is 35.9 Å². The van der Waals surface area contributed by atoms with Gasteiger partial charge in [0.1, 0.15) is 18.2 Å². The number of pyridine rings is 2. The zero-order valence-corrected chi connectivity index (χ0v) is 40.6. The van der Waals surface area contributed by atoms with E-state index in [4.69, 9.17) is 39.3 Å². The number of nitrogens with two attached hydrogens (primary N) is 1. The van der Waals surface area contributed by atoms with Gasteiger partial charge in [-0.25, -0.2) is 14.8 Å². The zero-order chi connectivity index (χ0) is 49.0. The number of hydrogen-bond acceptors (Lipinski definition) is 15. The van der Waals surface area contributed by atoms with Gasteiger partial charge in [0, 0.05) is 55.6 Å². The molecule has 0 fully saturated rings. The lowest BCUT2D eigenvalue weighted by molar-refractivity contribution is -0.153. The summed E-state index contributed by atoms with van der Waals surface area (Å²) in [5.74, 6) is -3.94. The smallest absolute Gasteiger partial charge is 0.358 e. The van der Waals surface area contributed by atoms with Gasteiger partial charge in [-0.15, -0.1) is 12.4 Å². The number of carbonyl (C=O) groups is 6. The maximum Gasteiger partial charge on any atom is 0.358 e. The van der Waals surface area contributed by atoms with E-state index >= 15 is 0 Å². The van der Waals surface area contributed by atoms with Gasteiger partial charge in [-0.05, 0) is 56.9 Å². The number of aromatic nitrogens is 2. The van der Waals surface area contributed by atoms with Crippen LogP contribution in [0.2, 0.25) is 0 Å². The molecule has 2 heterocycles. The molecule has 0 saturated carbocycles. The van der Waals surface area contributed by atoms with Crippen LogP contribution in [-0.4, -0.2) is 83.2 Å². The first-order valence-corrected chi connectivity index (χ1v) is 21.2. The zero-order valence-electron chi connectivity index (χ0n) is 39.7. The van der Waals surface area contributed by atoms with Crippen molar-refractivity contribution in [1.82, 2.24) is 9.97 Å². The van der Waals surface area contributed by atoms with Crippen molar-refractivity contribution in [2.24, 2.45) is 11.7 Å². The van der Waals surface area contributed by atoms with Crippen molar-refractivity contribution in [3.63, 3.8) is 0 Å². The van der Waals surface area contributed by atoms with Crippen LogP contribution in [0, 0.1) is 19.8 Å². The molecule has 0 spiro atoms. The second-order valence-electron chi connectivity index (χ2n) is 15.2. The predicted molar refractivity (Wildman–Crippen MR) is 250 cm³/mol. The molecule has 4 rings (SSSR count). The van der Waals surface area contributed by atoms with Crippen molar-refractivity contribution in [3.05, 3.63) is 107 Å². The summed E-state index contributed by atoms with van der Waals surface area (Å²) >= 11 is 0. The molecule has 0 saturated heterocycles. The highest BCUT2D eigenvalue weighted by molar-refractivity contribution is 6.00. The fourth-order valence-electron chi connectivity index (χ4n) is 6.06. The van der Waals surface area contributed by atoms with Gasteiger partial charge >= 0.3 is 29.8 Å². The Bertz CT molecular complexity index is 2250. The molecule has 2 aromatic heterocycles. The second kappa shape index (κ2) is 28.5. The molecule has 0 radical (unpaired) electrons. The first-order chi connectivity index (χ1) is 30.7. The number of nitrogens with zero attached hydrogens (tertiary/aromatic N) is 2. The fraction of sp³-hybridized carbons (Fsp3) is 0.429. The summed E-state index contributed by atoms with van der Waals surface area (Å²) in [7, 11) is 2.76. The van der Waals surface area contributed by atoms with E-state index in [0.29, 0.717) is 0 Å². The van der Waals surface area contributed by atoms with Gasteiger partial charge in [0.2, 0.25) is 11.5 Å². The summed E-state index contributed by atoms with van der Waals surface area (Å²) in [6, 6.07) is 18.4. The van der Waals surface area contributed by atoms with Crippen LogP contribution in [0.1, 0.15) is 130 Å². The van der Waals surface area contributed by atoms with E-state index in [1.54, 1.807) is 27.7 Å². The van der Waals surface area contributed by atoms with Crippen LogP contribution in [-0.2, 0) is 28.7 Å². The Morgan fingerprint density at radius 1 is 0.621 bits per heavy atom. The third kappa shape index (κ3) is 17.2. The highest BCUT2D eigenvalue weighted by atomic mass is 35.5. The maximum atomic E-state index is 12.9. The Hall–Kier alpha value is -6.39. The van der Waals surface area contributed by atoms with Crippen molar-refractivity contribution < 1.29 is 62.3 Å². The number of ketones is 1. The second-order valence-corrected chi connectivity index (χ2v) is 15.2. The molecule has 17 heteroatoms. The summed E-state index contributed by atoms with van der Waals surface area (Å²) in [4.78, 5) is 78.4. The average Bonchev–Trinajstić information content (AvgIpc) is 3.28. The van der Waals surface area contributed by atoms with Gasteiger partial charge in [-0.1, -0.05) is 83.1 Å². The van der Waals surface area contributed by atoms with Gasteiger partial charge in [0.15, 0.2) is 28.7 Å². The molecule has 6 atom stereocenters. The summed E-state index contributed by atoms with van der Waals surface area (Å²) in [5.41, 5.74) is 9.74. The van der Waals surface area contributed by atoms with Gasteiger partial charge in [0.25, 0.3) is 0 Å². The first-order valence-electron chi connectivity index (χ1n) is 21.2. The number of methoxy groups -OCH3 is 2. The number of esters is 4. The molecule has 2 aromatic carbocycles. The molecule has 0 aliphatic carbocycles. The van der Waals surface area contributed by atoms with Crippen LogP contribution in [0.25, 0.3) is 0 Å². The number of carboxylic acids is 1. The topological polar surface area (TPSA) is 230 Å². The van der Waals surface area contributed by atoms with E-state index in [1.165, 1.54) is 49.9 Å². The molecule has 0 aliphatic rings. The highest BCUT2D eigenvalue weighted by Gasteiger charge is 2.28.